The SMILES string of the molecule is C=CC(=O)Nc1cc(NC(=O)CNC(=O)C2CC2)ccc1F. The monoisotopic (exact) mass is 305 g/mol. The van der Waals surface area contributed by atoms with Crippen LogP contribution in [0.3, 0.4) is 0 Å². The van der Waals surface area contributed by atoms with Crippen LogP contribution in [0.1, 0.15) is 12.8 Å². The maximum Gasteiger partial charge on any atom is 0.247 e. The second-order valence-corrected chi connectivity index (χ2v) is 4.93. The van der Waals surface area contributed by atoms with Crippen molar-refractivity contribution in [2.75, 3.05) is 17.2 Å². The largest absolute Gasteiger partial charge is 0.347 e. The van der Waals surface area contributed by atoms with Crippen molar-refractivity contribution in [1.82, 2.24) is 5.32 Å². The zero-order chi connectivity index (χ0) is 16.1. The zero-order valence-corrected chi connectivity index (χ0v) is 11.8. The molecule has 3 N–H and O–H groups in total. The highest BCUT2D eigenvalue weighted by atomic mass is 19.1. The molecule has 0 atom stereocenters. The molecule has 1 aliphatic carbocycles. The summed E-state index contributed by atoms with van der Waals surface area (Å²) in [7, 11) is 0. The van der Waals surface area contributed by atoms with E-state index in [0.29, 0.717) is 5.69 Å². The van der Waals surface area contributed by atoms with E-state index in [1.807, 2.05) is 0 Å². The van der Waals surface area contributed by atoms with E-state index in [1.165, 1.54) is 12.1 Å². The molecule has 7 heteroatoms. The van der Waals surface area contributed by atoms with Gasteiger partial charge in [-0.1, -0.05) is 6.58 Å². The topological polar surface area (TPSA) is 87.3 Å². The number of anilines is 2. The van der Waals surface area contributed by atoms with Crippen molar-refractivity contribution < 1.29 is 18.8 Å². The summed E-state index contributed by atoms with van der Waals surface area (Å²) >= 11 is 0. The number of hydrogen-bond acceptors (Lipinski definition) is 3. The molecule has 0 saturated heterocycles. The molecule has 0 bridgehead atoms. The Hall–Kier alpha value is -2.70. The van der Waals surface area contributed by atoms with E-state index in [1.54, 1.807) is 0 Å². The average Bonchev–Trinajstić information content (AvgIpc) is 3.32. The maximum atomic E-state index is 13.5. The molecule has 1 fully saturated rings. The number of amides is 3. The summed E-state index contributed by atoms with van der Waals surface area (Å²) in [6.45, 7) is 3.12. The first-order valence-electron chi connectivity index (χ1n) is 6.80. The summed E-state index contributed by atoms with van der Waals surface area (Å²) < 4.78 is 13.5. The molecule has 116 valence electrons. The molecule has 0 unspecified atom stereocenters. The van der Waals surface area contributed by atoms with E-state index in [4.69, 9.17) is 0 Å². The zero-order valence-electron chi connectivity index (χ0n) is 11.8. The Kier molecular flexibility index (Phi) is 4.88. The lowest BCUT2D eigenvalue weighted by Crippen LogP contribution is -2.33. The Bertz CT molecular complexity index is 626. The van der Waals surface area contributed by atoms with E-state index >= 15 is 0 Å². The fourth-order valence-corrected chi connectivity index (χ4v) is 1.75. The van der Waals surface area contributed by atoms with Gasteiger partial charge < -0.3 is 16.0 Å². The van der Waals surface area contributed by atoms with Crippen molar-refractivity contribution in [3.05, 3.63) is 36.7 Å². The van der Waals surface area contributed by atoms with E-state index in [9.17, 15) is 18.8 Å². The molecule has 0 aliphatic heterocycles. The van der Waals surface area contributed by atoms with E-state index in [0.717, 1.165) is 25.0 Å². The lowest BCUT2D eigenvalue weighted by Gasteiger charge is -2.09. The quantitative estimate of drug-likeness (QED) is 0.695. The molecule has 1 aromatic rings. The van der Waals surface area contributed by atoms with E-state index < -0.39 is 17.6 Å². The van der Waals surface area contributed by atoms with Gasteiger partial charge in [-0.2, -0.15) is 0 Å². The summed E-state index contributed by atoms with van der Waals surface area (Å²) in [5, 5.41) is 7.34. The number of rotatable bonds is 6. The van der Waals surface area contributed by atoms with Gasteiger partial charge in [0.05, 0.1) is 12.2 Å². The van der Waals surface area contributed by atoms with Crippen molar-refractivity contribution in [3.8, 4) is 0 Å². The molecular formula is C15H16FN3O3. The first-order valence-corrected chi connectivity index (χ1v) is 6.80. The van der Waals surface area contributed by atoms with Gasteiger partial charge in [0.2, 0.25) is 17.7 Å². The molecule has 1 saturated carbocycles. The maximum absolute atomic E-state index is 13.5. The summed E-state index contributed by atoms with van der Waals surface area (Å²) in [4.78, 5) is 34.3. The molecule has 0 aromatic heterocycles. The lowest BCUT2D eigenvalue weighted by molar-refractivity contribution is -0.125. The minimum atomic E-state index is -0.629. The van der Waals surface area contributed by atoms with Gasteiger partial charge in [0.1, 0.15) is 5.82 Å². The highest BCUT2D eigenvalue weighted by Crippen LogP contribution is 2.28. The van der Waals surface area contributed by atoms with Gasteiger partial charge in [0.25, 0.3) is 0 Å². The summed E-state index contributed by atoms with van der Waals surface area (Å²) in [6.07, 6.45) is 2.73. The van der Waals surface area contributed by atoms with Gasteiger partial charge in [-0.05, 0) is 37.1 Å². The predicted octanol–water partition coefficient (Wildman–Crippen LogP) is 1.41. The van der Waals surface area contributed by atoms with Crippen LogP contribution in [0.4, 0.5) is 15.8 Å². The van der Waals surface area contributed by atoms with Gasteiger partial charge in [0.15, 0.2) is 0 Å². The lowest BCUT2D eigenvalue weighted by atomic mass is 10.2. The Morgan fingerprint density at radius 3 is 2.64 bits per heavy atom. The van der Waals surface area contributed by atoms with Crippen molar-refractivity contribution >= 4 is 29.1 Å². The molecule has 22 heavy (non-hydrogen) atoms. The normalized spacial score (nSPS) is 13.1. The Balaban J connectivity index is 1.92. The van der Waals surface area contributed by atoms with Gasteiger partial charge in [-0.15, -0.1) is 0 Å². The van der Waals surface area contributed by atoms with Crippen molar-refractivity contribution in [1.29, 1.82) is 0 Å². The number of carbonyl (C=O) groups excluding carboxylic acids is 3. The van der Waals surface area contributed by atoms with Crippen molar-refractivity contribution in [2.24, 2.45) is 5.92 Å². The van der Waals surface area contributed by atoms with Crippen LogP contribution >= 0.6 is 0 Å². The summed E-state index contributed by atoms with van der Waals surface area (Å²) in [6, 6.07) is 3.77. The van der Waals surface area contributed by atoms with Crippen LogP contribution in [0.15, 0.2) is 30.9 Å². The van der Waals surface area contributed by atoms with Crippen LogP contribution in [0.2, 0.25) is 0 Å². The fourth-order valence-electron chi connectivity index (χ4n) is 1.75. The van der Waals surface area contributed by atoms with E-state index in [-0.39, 0.29) is 24.1 Å². The third kappa shape index (κ3) is 4.41. The van der Waals surface area contributed by atoms with E-state index in [2.05, 4.69) is 22.5 Å². The predicted molar refractivity (Wildman–Crippen MR) is 79.6 cm³/mol. The third-order valence-corrected chi connectivity index (χ3v) is 3.06. The molecule has 6 nitrogen and oxygen atoms in total. The standard InChI is InChI=1S/C15H16FN3O3/c1-2-13(20)19-12-7-10(5-6-11(12)16)18-14(21)8-17-15(22)9-3-4-9/h2,5-7,9H,1,3-4,8H2,(H,17,22)(H,18,21)(H,19,20). The molecule has 1 aromatic carbocycles. The number of benzene rings is 1. The van der Waals surface area contributed by atoms with Crippen LogP contribution in [-0.2, 0) is 14.4 Å². The van der Waals surface area contributed by atoms with Crippen molar-refractivity contribution in [2.45, 2.75) is 12.8 Å². The highest BCUT2D eigenvalue weighted by molar-refractivity contribution is 6.00. The minimum absolute atomic E-state index is 0.0272. The van der Waals surface area contributed by atoms with Crippen LogP contribution in [0.5, 0.6) is 0 Å². The molecule has 0 heterocycles. The summed E-state index contributed by atoms with van der Waals surface area (Å²) in [5.41, 5.74) is 0.246. The number of nitrogens with one attached hydrogen (secondary N) is 3. The summed E-state index contributed by atoms with van der Waals surface area (Å²) in [5.74, 6) is -1.72. The molecular weight excluding hydrogens is 289 g/mol. The van der Waals surface area contributed by atoms with Crippen LogP contribution in [0, 0.1) is 11.7 Å². The molecule has 0 spiro atoms. The fraction of sp³-hybridized carbons (Fsp3) is 0.267. The molecule has 3 amide bonds. The van der Waals surface area contributed by atoms with Gasteiger partial charge >= 0.3 is 0 Å². The third-order valence-electron chi connectivity index (χ3n) is 3.06. The Labute approximate surface area is 126 Å². The Morgan fingerprint density at radius 2 is 2.00 bits per heavy atom. The van der Waals surface area contributed by atoms with Crippen LogP contribution in [-0.4, -0.2) is 24.3 Å². The first-order chi connectivity index (χ1) is 10.5. The van der Waals surface area contributed by atoms with Gasteiger partial charge in [0, 0.05) is 11.6 Å². The first kappa shape index (κ1) is 15.7. The number of carbonyl (C=O) groups is 3. The highest BCUT2D eigenvalue weighted by Gasteiger charge is 2.29. The van der Waals surface area contributed by atoms with Crippen LogP contribution < -0.4 is 16.0 Å². The molecule has 0 radical (unpaired) electrons. The second-order valence-electron chi connectivity index (χ2n) is 4.93. The van der Waals surface area contributed by atoms with Crippen LogP contribution in [0.25, 0.3) is 0 Å². The smallest absolute Gasteiger partial charge is 0.247 e. The van der Waals surface area contributed by atoms with Crippen molar-refractivity contribution in [3.63, 3.8) is 0 Å². The van der Waals surface area contributed by atoms with Gasteiger partial charge in [-0.3, -0.25) is 14.4 Å². The molecule has 1 aliphatic rings. The number of halogens is 1. The number of hydrogen-bond donors (Lipinski definition) is 3. The minimum Gasteiger partial charge on any atom is -0.347 e. The average molecular weight is 305 g/mol. The Morgan fingerprint density at radius 1 is 1.27 bits per heavy atom. The molecule has 2 rings (SSSR count). The second kappa shape index (κ2) is 6.84. The van der Waals surface area contributed by atoms with Gasteiger partial charge in [-0.25, -0.2) is 4.39 Å².